The van der Waals surface area contributed by atoms with Crippen molar-refractivity contribution in [2.24, 2.45) is 0 Å². The van der Waals surface area contributed by atoms with Crippen molar-refractivity contribution in [2.45, 2.75) is 32.1 Å². The number of aromatic nitrogens is 4. The summed E-state index contributed by atoms with van der Waals surface area (Å²) in [5, 5.41) is 12.8. The van der Waals surface area contributed by atoms with Gasteiger partial charge in [-0.05, 0) is 56.4 Å². The molecule has 150 valence electrons. The average Bonchev–Trinajstić information content (AvgIpc) is 3.31. The lowest BCUT2D eigenvalue weighted by Gasteiger charge is -2.14. The van der Waals surface area contributed by atoms with Gasteiger partial charge < -0.3 is 9.73 Å². The summed E-state index contributed by atoms with van der Waals surface area (Å²) < 4.78 is 5.88. The van der Waals surface area contributed by atoms with Crippen molar-refractivity contribution in [1.29, 1.82) is 0 Å². The van der Waals surface area contributed by atoms with Gasteiger partial charge in [-0.15, -0.1) is 10.2 Å². The Balaban J connectivity index is 1.43. The Kier molecular flexibility index (Phi) is 5.21. The largest absolute Gasteiger partial charge is 0.413 e. The van der Waals surface area contributed by atoms with Crippen LogP contribution in [-0.2, 0) is 0 Å². The summed E-state index contributed by atoms with van der Waals surface area (Å²) in [4.78, 5) is 9.38. The maximum atomic E-state index is 5.88. The van der Waals surface area contributed by atoms with Gasteiger partial charge in [0.05, 0.1) is 5.52 Å². The zero-order valence-corrected chi connectivity index (χ0v) is 16.7. The average molecular weight is 397 g/mol. The van der Waals surface area contributed by atoms with Gasteiger partial charge in [0.15, 0.2) is 0 Å². The van der Waals surface area contributed by atoms with E-state index in [-0.39, 0.29) is 0 Å². The summed E-state index contributed by atoms with van der Waals surface area (Å²) in [6.45, 7) is 0.839. The minimum absolute atomic E-state index is 0.317. The minimum Gasteiger partial charge on any atom is -0.413 e. The van der Waals surface area contributed by atoms with Crippen LogP contribution in [0.5, 0.6) is 0 Å². The molecule has 0 spiro atoms. The quantitative estimate of drug-likeness (QED) is 0.424. The van der Waals surface area contributed by atoms with Crippen molar-refractivity contribution < 1.29 is 4.42 Å². The number of hydrogen-bond donors (Lipinski definition) is 1. The summed E-state index contributed by atoms with van der Waals surface area (Å²) in [5.41, 5.74) is 3.26. The molecule has 0 fully saturated rings. The summed E-state index contributed by atoms with van der Waals surface area (Å²) in [6.07, 6.45) is 8.45. The second-order valence-electron chi connectivity index (χ2n) is 7.48. The summed E-state index contributed by atoms with van der Waals surface area (Å²) >= 11 is 0. The van der Waals surface area contributed by atoms with Crippen molar-refractivity contribution >= 4 is 16.7 Å². The number of nitrogens with zero attached hydrogens (tertiary/aromatic N) is 4. The van der Waals surface area contributed by atoms with Gasteiger partial charge in [-0.25, -0.2) is 9.97 Å². The van der Waals surface area contributed by atoms with Crippen molar-refractivity contribution in [3.8, 4) is 23.2 Å². The molecule has 2 aromatic carbocycles. The highest BCUT2D eigenvalue weighted by Crippen LogP contribution is 2.27. The van der Waals surface area contributed by atoms with E-state index in [1.807, 2.05) is 54.6 Å². The molecule has 6 nitrogen and oxygen atoms in total. The van der Waals surface area contributed by atoms with Crippen LogP contribution in [0.4, 0.5) is 5.82 Å². The molecular weight excluding hydrogens is 374 g/mol. The summed E-state index contributed by atoms with van der Waals surface area (Å²) in [5.74, 6) is 2.01. The molecule has 0 atom stereocenters. The number of anilines is 1. The van der Waals surface area contributed by atoms with Crippen LogP contribution < -0.4 is 5.32 Å². The summed E-state index contributed by atoms with van der Waals surface area (Å²) in [7, 11) is 0. The predicted octanol–water partition coefficient (Wildman–Crippen LogP) is 5.65. The van der Waals surface area contributed by atoms with Gasteiger partial charge in [-0.2, -0.15) is 0 Å². The van der Waals surface area contributed by atoms with E-state index >= 15 is 0 Å². The van der Waals surface area contributed by atoms with Crippen LogP contribution in [0.3, 0.4) is 0 Å². The molecule has 0 saturated heterocycles. The number of allylic oxidation sites excluding steroid dienone is 1. The van der Waals surface area contributed by atoms with Gasteiger partial charge in [0.25, 0.3) is 5.89 Å². The number of hydrogen-bond acceptors (Lipinski definition) is 6. The second kappa shape index (κ2) is 8.45. The Morgan fingerprint density at radius 3 is 2.57 bits per heavy atom. The molecule has 0 saturated carbocycles. The molecule has 0 bridgehead atoms. The molecule has 6 heteroatoms. The van der Waals surface area contributed by atoms with Gasteiger partial charge in [-0.1, -0.05) is 42.0 Å². The van der Waals surface area contributed by atoms with E-state index in [0.717, 1.165) is 35.2 Å². The normalized spacial score (nSPS) is 13.9. The molecular formula is C24H23N5O. The van der Waals surface area contributed by atoms with Crippen molar-refractivity contribution in [3.05, 3.63) is 66.2 Å². The number of para-hydroxylation sites is 1. The fraction of sp³-hybridized carbons (Fsp3) is 0.250. The van der Waals surface area contributed by atoms with Crippen LogP contribution in [0.25, 0.3) is 34.1 Å². The standard InChI is InChI=1S/C24H23N5O/c1-3-9-17(10-4-1)15-16-25-21-19-13-7-8-14-20(19)26-22(27-21)24-29-28-23(30-24)18-11-5-2-6-12-18/h2,5-9,11-14H,1,3-4,10,15-16H2,(H,25,26,27). The third kappa shape index (κ3) is 3.94. The van der Waals surface area contributed by atoms with Gasteiger partial charge >= 0.3 is 0 Å². The monoisotopic (exact) mass is 397 g/mol. The van der Waals surface area contributed by atoms with E-state index in [1.54, 1.807) is 0 Å². The molecule has 1 aliphatic carbocycles. The predicted molar refractivity (Wildman–Crippen MR) is 118 cm³/mol. The molecule has 4 aromatic rings. The highest BCUT2D eigenvalue weighted by atomic mass is 16.4. The third-order valence-electron chi connectivity index (χ3n) is 5.36. The van der Waals surface area contributed by atoms with Gasteiger partial charge in [0, 0.05) is 17.5 Å². The number of rotatable bonds is 6. The number of benzene rings is 2. The Bertz CT molecular complexity index is 1180. The van der Waals surface area contributed by atoms with E-state index in [9.17, 15) is 0 Å². The lowest BCUT2D eigenvalue weighted by Crippen LogP contribution is -2.07. The zero-order chi connectivity index (χ0) is 20.2. The molecule has 0 aliphatic heterocycles. The van der Waals surface area contributed by atoms with E-state index in [4.69, 9.17) is 9.40 Å². The Morgan fingerprint density at radius 1 is 0.867 bits per heavy atom. The molecule has 1 aliphatic rings. The first-order chi connectivity index (χ1) is 14.9. The number of fused-ring (bicyclic) bond motifs is 1. The third-order valence-corrected chi connectivity index (χ3v) is 5.36. The summed E-state index contributed by atoms with van der Waals surface area (Å²) in [6, 6.07) is 17.7. The van der Waals surface area contributed by atoms with E-state index in [1.165, 1.54) is 31.3 Å². The fourth-order valence-corrected chi connectivity index (χ4v) is 3.79. The van der Waals surface area contributed by atoms with Crippen LogP contribution in [0.1, 0.15) is 32.1 Å². The van der Waals surface area contributed by atoms with Crippen LogP contribution in [-0.4, -0.2) is 26.7 Å². The van der Waals surface area contributed by atoms with Crippen molar-refractivity contribution in [2.75, 3.05) is 11.9 Å². The minimum atomic E-state index is 0.317. The lowest BCUT2D eigenvalue weighted by atomic mass is 9.97. The van der Waals surface area contributed by atoms with Crippen LogP contribution in [0.15, 0.2) is 70.7 Å². The smallest absolute Gasteiger partial charge is 0.286 e. The van der Waals surface area contributed by atoms with Crippen molar-refractivity contribution in [3.63, 3.8) is 0 Å². The topological polar surface area (TPSA) is 76.7 Å². The van der Waals surface area contributed by atoms with Crippen LogP contribution in [0.2, 0.25) is 0 Å². The Morgan fingerprint density at radius 2 is 1.70 bits per heavy atom. The maximum Gasteiger partial charge on any atom is 0.286 e. The van der Waals surface area contributed by atoms with Gasteiger partial charge in [0.2, 0.25) is 11.7 Å². The maximum absolute atomic E-state index is 5.88. The zero-order valence-electron chi connectivity index (χ0n) is 16.7. The molecule has 0 unspecified atom stereocenters. The fourth-order valence-electron chi connectivity index (χ4n) is 3.79. The van der Waals surface area contributed by atoms with Crippen LogP contribution in [0, 0.1) is 0 Å². The molecule has 30 heavy (non-hydrogen) atoms. The van der Waals surface area contributed by atoms with Crippen molar-refractivity contribution in [1.82, 2.24) is 20.2 Å². The lowest BCUT2D eigenvalue weighted by molar-refractivity contribution is 0.579. The Labute approximate surface area is 175 Å². The highest BCUT2D eigenvalue weighted by molar-refractivity contribution is 5.90. The molecule has 0 radical (unpaired) electrons. The molecule has 0 amide bonds. The molecule has 1 N–H and O–H groups in total. The number of nitrogens with one attached hydrogen (secondary N) is 1. The molecule has 2 aromatic heterocycles. The highest BCUT2D eigenvalue weighted by Gasteiger charge is 2.16. The van der Waals surface area contributed by atoms with Gasteiger partial charge in [0.1, 0.15) is 5.82 Å². The van der Waals surface area contributed by atoms with E-state index in [2.05, 4.69) is 26.6 Å². The van der Waals surface area contributed by atoms with Gasteiger partial charge in [-0.3, -0.25) is 0 Å². The first-order valence-electron chi connectivity index (χ1n) is 10.4. The van der Waals surface area contributed by atoms with E-state index in [0.29, 0.717) is 17.6 Å². The van der Waals surface area contributed by atoms with E-state index < -0.39 is 0 Å². The molecule has 2 heterocycles. The first kappa shape index (κ1) is 18.5. The Hall–Kier alpha value is -3.54. The first-order valence-corrected chi connectivity index (χ1v) is 10.4. The molecule has 5 rings (SSSR count). The SMILES string of the molecule is C1=C(CCNc2nc(-c3nnc(-c4ccccc4)o3)nc3ccccc23)CCCC1. The second-order valence-corrected chi connectivity index (χ2v) is 7.48. The van der Waals surface area contributed by atoms with Crippen LogP contribution >= 0.6 is 0 Å².